The molecule has 1 heterocycles. The summed E-state index contributed by atoms with van der Waals surface area (Å²) in [7, 11) is 1.63. The van der Waals surface area contributed by atoms with Gasteiger partial charge in [-0.1, -0.05) is 25.2 Å². The van der Waals surface area contributed by atoms with Crippen molar-refractivity contribution in [1.29, 1.82) is 0 Å². The monoisotopic (exact) mass is 279 g/mol. The maximum absolute atomic E-state index is 11.7. The van der Waals surface area contributed by atoms with E-state index in [9.17, 15) is 4.79 Å². The number of ether oxygens (including phenoxy) is 1. The lowest BCUT2D eigenvalue weighted by atomic mass is 10.3. The van der Waals surface area contributed by atoms with Gasteiger partial charge in [-0.05, 0) is 18.2 Å². The molecule has 0 atom stereocenters. The summed E-state index contributed by atoms with van der Waals surface area (Å²) in [6.45, 7) is 4.28. The molecule has 0 bridgehead atoms. The lowest BCUT2D eigenvalue weighted by Gasteiger charge is -2.06. The van der Waals surface area contributed by atoms with E-state index in [2.05, 4.69) is 15.6 Å². The van der Waals surface area contributed by atoms with Crippen LogP contribution < -0.4 is 15.4 Å². The molecular formula is C13H17N3O2S. The second kappa shape index (κ2) is 5.99. The number of anilines is 1. The van der Waals surface area contributed by atoms with Crippen LogP contribution in [0.25, 0.3) is 10.2 Å². The number of carbonyl (C=O) groups is 1. The summed E-state index contributed by atoms with van der Waals surface area (Å²) in [6.07, 6.45) is 0. The molecule has 0 radical (unpaired) electrons. The fraction of sp³-hybridized carbons (Fsp3) is 0.385. The van der Waals surface area contributed by atoms with Crippen molar-refractivity contribution >= 4 is 32.6 Å². The van der Waals surface area contributed by atoms with E-state index in [4.69, 9.17) is 4.74 Å². The van der Waals surface area contributed by atoms with Gasteiger partial charge in [0.2, 0.25) is 5.91 Å². The summed E-state index contributed by atoms with van der Waals surface area (Å²) in [5, 5.41) is 6.46. The first-order chi connectivity index (χ1) is 9.08. The number of amides is 1. The molecule has 0 saturated carbocycles. The number of methoxy groups -OCH3 is 1. The maximum Gasteiger partial charge on any atom is 0.240 e. The largest absolute Gasteiger partial charge is 0.497 e. The van der Waals surface area contributed by atoms with Crippen LogP contribution in [0.1, 0.15) is 13.8 Å². The van der Waals surface area contributed by atoms with Gasteiger partial charge in [0.1, 0.15) is 5.75 Å². The van der Waals surface area contributed by atoms with E-state index >= 15 is 0 Å². The molecule has 0 unspecified atom stereocenters. The number of hydrogen-bond acceptors (Lipinski definition) is 5. The lowest BCUT2D eigenvalue weighted by Crippen LogP contribution is -2.32. The van der Waals surface area contributed by atoms with Crippen molar-refractivity contribution in [3.63, 3.8) is 0 Å². The van der Waals surface area contributed by atoms with Crippen LogP contribution in [0.5, 0.6) is 5.75 Å². The molecule has 19 heavy (non-hydrogen) atoms. The molecular weight excluding hydrogens is 262 g/mol. The van der Waals surface area contributed by atoms with Crippen molar-refractivity contribution < 1.29 is 9.53 Å². The number of nitrogens with zero attached hydrogens (tertiary/aromatic N) is 1. The number of hydrogen-bond donors (Lipinski definition) is 2. The number of thiazole rings is 1. The average molecular weight is 279 g/mol. The van der Waals surface area contributed by atoms with E-state index in [-0.39, 0.29) is 18.5 Å². The highest BCUT2D eigenvalue weighted by Crippen LogP contribution is 2.28. The molecule has 1 aromatic heterocycles. The number of aromatic nitrogens is 1. The van der Waals surface area contributed by atoms with Gasteiger partial charge >= 0.3 is 0 Å². The van der Waals surface area contributed by atoms with Crippen molar-refractivity contribution in [1.82, 2.24) is 10.3 Å². The fourth-order valence-electron chi connectivity index (χ4n) is 1.55. The van der Waals surface area contributed by atoms with Crippen molar-refractivity contribution in [3.05, 3.63) is 18.2 Å². The Kier molecular flexibility index (Phi) is 4.34. The van der Waals surface area contributed by atoms with Crippen LogP contribution in [0.4, 0.5) is 5.13 Å². The van der Waals surface area contributed by atoms with Gasteiger partial charge in [-0.15, -0.1) is 0 Å². The standard InChI is InChI=1S/C13H17N3O2S/c1-8(2)14-7-12(17)16-13-15-10-5-4-9(18-3)6-11(10)19-13/h4-6,8,14H,7H2,1-3H3,(H,15,16,17). The average Bonchev–Trinajstić information content (AvgIpc) is 2.77. The number of carbonyl (C=O) groups excluding carboxylic acids is 1. The molecule has 2 aromatic rings. The third-order valence-corrected chi connectivity index (χ3v) is 3.45. The van der Waals surface area contributed by atoms with E-state index in [0.717, 1.165) is 16.0 Å². The minimum Gasteiger partial charge on any atom is -0.497 e. The summed E-state index contributed by atoms with van der Waals surface area (Å²) in [5.41, 5.74) is 0.859. The summed E-state index contributed by atoms with van der Waals surface area (Å²) in [4.78, 5) is 16.0. The SMILES string of the molecule is COc1ccc2nc(NC(=O)CNC(C)C)sc2c1. The van der Waals surface area contributed by atoms with Crippen LogP contribution in [0.2, 0.25) is 0 Å². The Morgan fingerprint density at radius 2 is 2.26 bits per heavy atom. The van der Waals surface area contributed by atoms with Gasteiger partial charge in [0.25, 0.3) is 0 Å². The highest BCUT2D eigenvalue weighted by molar-refractivity contribution is 7.22. The molecule has 0 fully saturated rings. The Morgan fingerprint density at radius 3 is 2.95 bits per heavy atom. The molecule has 0 aliphatic carbocycles. The van der Waals surface area contributed by atoms with Gasteiger partial charge in [-0.25, -0.2) is 4.98 Å². The van der Waals surface area contributed by atoms with E-state index in [1.165, 1.54) is 11.3 Å². The minimum atomic E-state index is -0.0836. The fourth-order valence-corrected chi connectivity index (χ4v) is 2.46. The van der Waals surface area contributed by atoms with Crippen LogP contribution in [-0.2, 0) is 4.79 Å². The van der Waals surface area contributed by atoms with Crippen molar-refractivity contribution in [2.24, 2.45) is 0 Å². The number of rotatable bonds is 5. The zero-order valence-electron chi connectivity index (χ0n) is 11.2. The third kappa shape index (κ3) is 3.65. The molecule has 0 aliphatic heterocycles. The minimum absolute atomic E-state index is 0.0836. The predicted molar refractivity (Wildman–Crippen MR) is 77.9 cm³/mol. The topological polar surface area (TPSA) is 63.2 Å². The summed E-state index contributed by atoms with van der Waals surface area (Å²) in [5.74, 6) is 0.704. The first-order valence-electron chi connectivity index (χ1n) is 6.06. The Morgan fingerprint density at radius 1 is 1.47 bits per heavy atom. The first kappa shape index (κ1) is 13.8. The lowest BCUT2D eigenvalue weighted by molar-refractivity contribution is -0.115. The molecule has 6 heteroatoms. The van der Waals surface area contributed by atoms with Gasteiger partial charge in [0.05, 0.1) is 23.9 Å². The van der Waals surface area contributed by atoms with Crippen LogP contribution in [0, 0.1) is 0 Å². The van der Waals surface area contributed by atoms with Crippen LogP contribution in [0.15, 0.2) is 18.2 Å². The van der Waals surface area contributed by atoms with Gasteiger partial charge in [0.15, 0.2) is 5.13 Å². The molecule has 0 saturated heterocycles. The van der Waals surface area contributed by atoms with Crippen LogP contribution in [0.3, 0.4) is 0 Å². The quantitative estimate of drug-likeness (QED) is 0.881. The second-order valence-electron chi connectivity index (χ2n) is 4.44. The number of benzene rings is 1. The summed E-state index contributed by atoms with van der Waals surface area (Å²) >= 11 is 1.44. The zero-order valence-corrected chi connectivity index (χ0v) is 12.0. The summed E-state index contributed by atoms with van der Waals surface area (Å²) in [6, 6.07) is 5.93. The molecule has 5 nitrogen and oxygen atoms in total. The molecule has 0 spiro atoms. The third-order valence-electron chi connectivity index (χ3n) is 2.51. The predicted octanol–water partition coefficient (Wildman–Crippen LogP) is 2.24. The number of nitrogens with one attached hydrogen (secondary N) is 2. The second-order valence-corrected chi connectivity index (χ2v) is 5.47. The van der Waals surface area contributed by atoms with E-state index in [1.807, 2.05) is 32.0 Å². The molecule has 102 valence electrons. The zero-order chi connectivity index (χ0) is 13.8. The van der Waals surface area contributed by atoms with E-state index in [1.54, 1.807) is 7.11 Å². The molecule has 0 aliphatic rings. The molecule has 1 amide bonds. The Balaban J connectivity index is 2.06. The molecule has 2 rings (SSSR count). The van der Waals surface area contributed by atoms with E-state index < -0.39 is 0 Å². The van der Waals surface area contributed by atoms with Crippen molar-refractivity contribution in [2.45, 2.75) is 19.9 Å². The van der Waals surface area contributed by atoms with Gasteiger partial charge < -0.3 is 15.4 Å². The van der Waals surface area contributed by atoms with Gasteiger partial charge in [-0.2, -0.15) is 0 Å². The maximum atomic E-state index is 11.7. The Bertz CT molecular complexity index is 580. The molecule has 1 aromatic carbocycles. The highest BCUT2D eigenvalue weighted by Gasteiger charge is 2.08. The van der Waals surface area contributed by atoms with Crippen LogP contribution >= 0.6 is 11.3 Å². The Labute approximate surface area is 116 Å². The normalized spacial score (nSPS) is 10.9. The smallest absolute Gasteiger partial charge is 0.240 e. The van der Waals surface area contributed by atoms with Gasteiger partial charge in [0, 0.05) is 6.04 Å². The van der Waals surface area contributed by atoms with Crippen LogP contribution in [-0.4, -0.2) is 30.6 Å². The van der Waals surface area contributed by atoms with Crippen molar-refractivity contribution in [3.8, 4) is 5.75 Å². The number of fused-ring (bicyclic) bond motifs is 1. The Hall–Kier alpha value is -1.66. The summed E-state index contributed by atoms with van der Waals surface area (Å²) < 4.78 is 6.15. The molecule has 2 N–H and O–H groups in total. The highest BCUT2D eigenvalue weighted by atomic mass is 32.1. The van der Waals surface area contributed by atoms with Crippen molar-refractivity contribution in [2.75, 3.05) is 19.0 Å². The first-order valence-corrected chi connectivity index (χ1v) is 6.88. The van der Waals surface area contributed by atoms with E-state index in [0.29, 0.717) is 5.13 Å². The van der Waals surface area contributed by atoms with Gasteiger partial charge in [-0.3, -0.25) is 4.79 Å².